The van der Waals surface area contributed by atoms with Gasteiger partial charge in [-0.3, -0.25) is 9.59 Å². The first-order valence-corrected chi connectivity index (χ1v) is 28.9. The maximum atomic E-state index is 11.5. The molecule has 0 spiro atoms. The van der Waals surface area contributed by atoms with Gasteiger partial charge >= 0.3 is 11.9 Å². The van der Waals surface area contributed by atoms with Gasteiger partial charge in [0.1, 0.15) is 85.3 Å². The Morgan fingerprint density at radius 1 is 0.371 bits per heavy atom. The molecule has 0 saturated carbocycles. The van der Waals surface area contributed by atoms with Gasteiger partial charge in [-0.05, 0) is 12.2 Å². The zero-order valence-electron chi connectivity index (χ0n) is 46.7. The molecule has 22 atom stereocenters. The number of rotatable bonds is 20. The summed E-state index contributed by atoms with van der Waals surface area (Å²) in [5, 5.41) is 279. The number of hydrogen-bond donors (Lipinski definition) is 28. The van der Waals surface area contributed by atoms with E-state index < -0.39 is 282 Å². The standard InChI is InChI=1S/C48H80N2O37S2/c49-15(40(70)71)12-88-10-5-21-28(60)33(65)43(75)80-18(2-7-52)25(57)34(66)45(77)86-38-22(11-55)84-47(36(68)29(38)61)82-20(4-9-54)27(59)35(67)46(78)87-39-23(14-89-13-16(50)41(72)73)85-48(37(69)30(39)62)83-19(3-8-53)26(58)32(64)42(74)79-17(1-6-51)24(56)31(63)44(76)81-21/h15-23,29-30,36-39,42-48,51-69,74-78H,1-14,49-50H2,(H,70,71)(H,72,73)/b31-24+,32-26-,33-28+,34-25+,35-27-/t15-,16-,17-,18-,19-,20-,21-,22?,23?,29?,30-,36?,37?,38-,39-,42+,43+,44+,45-,46-,47+,48+/m1/s1. The summed E-state index contributed by atoms with van der Waals surface area (Å²) >= 11 is 1.45. The van der Waals surface area contributed by atoms with Gasteiger partial charge in [0, 0.05) is 69.4 Å². The van der Waals surface area contributed by atoms with E-state index in [4.69, 9.17) is 54.1 Å². The number of hydrogen-bond acceptors (Lipinski definition) is 39. The summed E-state index contributed by atoms with van der Waals surface area (Å²) < 4.78 is 48.5. The zero-order valence-corrected chi connectivity index (χ0v) is 48.3. The number of thioether (sulfide) groups is 2. The number of aliphatic hydroxyl groups excluding tert-OH is 24. The summed E-state index contributed by atoms with van der Waals surface area (Å²) in [6.07, 6.45) is -51.1. The van der Waals surface area contributed by atoms with E-state index in [9.17, 15) is 142 Å². The van der Waals surface area contributed by atoms with Crippen LogP contribution in [0.4, 0.5) is 0 Å². The molecule has 5 unspecified atom stereocenters. The lowest BCUT2D eigenvalue weighted by Crippen LogP contribution is -2.61. The number of nitrogens with two attached hydrogens (primary N) is 2. The van der Waals surface area contributed by atoms with Crippen molar-refractivity contribution < 1.29 is 185 Å². The molecule has 5 heterocycles. The first-order chi connectivity index (χ1) is 41.8. The van der Waals surface area contributed by atoms with E-state index in [0.29, 0.717) is 11.8 Å². The van der Waals surface area contributed by atoms with Crippen LogP contribution in [0.5, 0.6) is 0 Å². The van der Waals surface area contributed by atoms with Gasteiger partial charge in [0.25, 0.3) is 0 Å². The topological polar surface area (TPSA) is 695 Å². The van der Waals surface area contributed by atoms with Crippen LogP contribution in [0.25, 0.3) is 0 Å². The number of aliphatic hydroxyl groups is 24. The van der Waals surface area contributed by atoms with E-state index in [1.807, 2.05) is 0 Å². The average molecular weight is 1340 g/mol. The summed E-state index contributed by atoms with van der Waals surface area (Å²) in [4.78, 5) is 22.8. The van der Waals surface area contributed by atoms with Crippen LogP contribution >= 0.6 is 23.5 Å². The van der Waals surface area contributed by atoms with Gasteiger partial charge in [0.15, 0.2) is 70.2 Å². The van der Waals surface area contributed by atoms with Crippen LogP contribution in [0, 0.1) is 0 Å². The lowest BCUT2D eigenvalue weighted by molar-refractivity contribution is -0.330. The Kier molecular flexibility index (Phi) is 33.3. The smallest absolute Gasteiger partial charge is 0.321 e. The highest BCUT2D eigenvalue weighted by Crippen LogP contribution is 2.34. The second-order valence-corrected chi connectivity index (χ2v) is 21.7. The number of carboxylic acids is 2. The van der Waals surface area contributed by atoms with Gasteiger partial charge in [-0.25, -0.2) is 0 Å². The number of ether oxygens (including phenoxy) is 9. The van der Waals surface area contributed by atoms with Crippen molar-refractivity contribution in [1.82, 2.24) is 0 Å². The average Bonchev–Trinajstić information content (AvgIpc) is 1.44. The second kappa shape index (κ2) is 37.8. The number of carboxylic acid groups (broad SMARTS) is 2. The summed E-state index contributed by atoms with van der Waals surface area (Å²) in [5.41, 5.74) is 11.1. The van der Waals surface area contributed by atoms with Gasteiger partial charge < -0.3 is 187 Å². The summed E-state index contributed by atoms with van der Waals surface area (Å²) in [6, 6.07) is -3.01. The number of carbonyl (C=O) groups is 2. The molecule has 4 bridgehead atoms. The first kappa shape index (κ1) is 78.6. The van der Waals surface area contributed by atoms with Gasteiger partial charge in [0.2, 0.25) is 31.5 Å². The van der Waals surface area contributed by atoms with E-state index in [1.165, 1.54) is 0 Å². The maximum absolute atomic E-state index is 11.5. The van der Waals surface area contributed by atoms with Gasteiger partial charge in [-0.15, -0.1) is 0 Å². The highest BCUT2D eigenvalue weighted by Gasteiger charge is 2.51. The van der Waals surface area contributed by atoms with E-state index >= 15 is 0 Å². The van der Waals surface area contributed by atoms with Crippen LogP contribution in [0.15, 0.2) is 57.6 Å². The molecule has 0 aromatic carbocycles. The molecular formula is C48H80N2O37S2. The Labute approximate surface area is 511 Å². The summed E-state index contributed by atoms with van der Waals surface area (Å²) in [6.45, 7) is -5.13. The third-order valence-electron chi connectivity index (χ3n) is 13.1. The quantitative estimate of drug-likeness (QED) is 0.0504. The minimum Gasteiger partial charge on any atom is -0.506 e. The van der Waals surface area contributed by atoms with Crippen molar-refractivity contribution in [2.24, 2.45) is 11.5 Å². The highest BCUT2D eigenvalue weighted by atomic mass is 32.2. The molecule has 2 saturated heterocycles. The molecule has 0 aliphatic carbocycles. The maximum Gasteiger partial charge on any atom is 0.321 e. The molecule has 0 aromatic rings. The summed E-state index contributed by atoms with van der Waals surface area (Å²) in [5.74, 6) is -20.3. The van der Waals surface area contributed by atoms with Gasteiger partial charge in [0.05, 0.1) is 12.7 Å². The van der Waals surface area contributed by atoms with Crippen molar-refractivity contribution in [3.63, 3.8) is 0 Å². The first-order valence-electron chi connectivity index (χ1n) is 26.6. The van der Waals surface area contributed by atoms with Crippen LogP contribution in [0.3, 0.4) is 0 Å². The molecule has 5 rings (SSSR count). The molecule has 89 heavy (non-hydrogen) atoms. The van der Waals surface area contributed by atoms with Crippen LogP contribution in [-0.2, 0) is 52.2 Å². The Morgan fingerprint density at radius 3 is 0.966 bits per heavy atom. The lowest BCUT2D eigenvalue weighted by Gasteiger charge is -2.44. The van der Waals surface area contributed by atoms with E-state index in [1.54, 1.807) is 0 Å². The monoisotopic (exact) mass is 1340 g/mol. The van der Waals surface area contributed by atoms with Crippen molar-refractivity contribution in [2.45, 2.75) is 168 Å². The molecule has 39 nitrogen and oxygen atoms in total. The molecule has 5 aliphatic heterocycles. The van der Waals surface area contributed by atoms with Crippen LogP contribution < -0.4 is 11.5 Å². The highest BCUT2D eigenvalue weighted by molar-refractivity contribution is 7.99. The molecule has 0 radical (unpaired) electrons. The number of aliphatic carboxylic acids is 2. The number of fused-ring (bicyclic) bond motifs is 2. The zero-order chi connectivity index (χ0) is 67.3. The lowest BCUT2D eigenvalue weighted by atomic mass is 9.98. The fourth-order valence-corrected chi connectivity index (χ4v) is 10.2. The SMILES string of the molecule is N[C@H](CSCC[C@H]1O[C@H](O)/C(O)=C(\O)[C@@H](CCO)O[C@H](O)/C(O)=C(/O)[C@@H](CCO)O[C@H]2OC(CSC[C@@H](N)C(=O)O)[C@@H](O[C@@H](O)/C(O)=C(/O)[C@@H](CCO)O[C@H]3OC(CO)[C@@H](O[C@@H](O)/C(O)=C(\O)[C@@H](CCO)O[C@H](O)/C(O)=C/1O)C(O)C3O)[C@H](O)C2O)C(=O)O. The Bertz CT molecular complexity index is 2370. The van der Waals surface area contributed by atoms with E-state index in [0.717, 1.165) is 11.8 Å². The third-order valence-corrected chi connectivity index (χ3v) is 15.4. The van der Waals surface area contributed by atoms with E-state index in [2.05, 4.69) is 0 Å². The van der Waals surface area contributed by atoms with E-state index in [-0.39, 0.29) is 11.5 Å². The Morgan fingerprint density at radius 2 is 0.652 bits per heavy atom. The van der Waals surface area contributed by atoms with Crippen molar-refractivity contribution >= 4 is 35.5 Å². The molecule has 516 valence electrons. The molecule has 41 heteroatoms. The van der Waals surface area contributed by atoms with Gasteiger partial charge in [-0.1, -0.05) is 0 Å². The van der Waals surface area contributed by atoms with Gasteiger partial charge in [-0.2, -0.15) is 23.5 Å². The Hall–Kier alpha value is -4.66. The fourth-order valence-electron chi connectivity index (χ4n) is 8.19. The molecule has 30 N–H and O–H groups in total. The normalized spacial score (nSPS) is 39.4. The largest absolute Gasteiger partial charge is 0.506 e. The summed E-state index contributed by atoms with van der Waals surface area (Å²) in [7, 11) is 0. The molecule has 0 aromatic heterocycles. The molecule has 5 aliphatic rings. The predicted molar refractivity (Wildman–Crippen MR) is 291 cm³/mol. The minimum atomic E-state index is -2.89. The second-order valence-electron chi connectivity index (χ2n) is 19.5. The molecule has 2 fully saturated rings. The molecule has 0 amide bonds. The van der Waals surface area contributed by atoms with Crippen molar-refractivity contribution in [2.75, 3.05) is 56.0 Å². The van der Waals surface area contributed by atoms with Crippen molar-refractivity contribution in [3.05, 3.63) is 57.6 Å². The van der Waals surface area contributed by atoms with Crippen LogP contribution in [0.2, 0.25) is 0 Å². The Balaban J connectivity index is 2.29. The minimum absolute atomic E-state index is 0.322. The van der Waals surface area contributed by atoms with Crippen LogP contribution in [-0.4, -0.2) is 336 Å². The predicted octanol–water partition coefficient (Wildman–Crippen LogP) is -6.98. The fraction of sp³-hybridized carbons (Fsp3) is 0.750. The third kappa shape index (κ3) is 22.0. The van der Waals surface area contributed by atoms with Crippen molar-refractivity contribution in [3.8, 4) is 0 Å². The van der Waals surface area contributed by atoms with Crippen molar-refractivity contribution in [1.29, 1.82) is 0 Å². The molecular weight excluding hydrogens is 1260 g/mol. The van der Waals surface area contributed by atoms with Crippen LogP contribution in [0.1, 0.15) is 32.1 Å².